The zero-order valence-electron chi connectivity index (χ0n) is 6.56. The van der Waals surface area contributed by atoms with Gasteiger partial charge in [0.05, 0.1) is 0 Å². The van der Waals surface area contributed by atoms with E-state index in [1.165, 1.54) is 0 Å². The number of ether oxygens (including phenoxy) is 1. The van der Waals surface area contributed by atoms with Gasteiger partial charge in [-0.25, -0.2) is 4.79 Å². The molecule has 0 rings (SSSR count). The molecule has 0 saturated carbocycles. The summed E-state index contributed by atoms with van der Waals surface area (Å²) in [4.78, 5) is 10.4. The molecule has 0 spiro atoms. The average Bonchev–Trinajstić information content (AvgIpc) is 1.85. The molecule has 0 aromatic carbocycles. The van der Waals surface area contributed by atoms with Gasteiger partial charge in [0.2, 0.25) is 5.44 Å². The minimum atomic E-state index is -4.30. The van der Waals surface area contributed by atoms with Gasteiger partial charge < -0.3 is 4.74 Å². The summed E-state index contributed by atoms with van der Waals surface area (Å²) in [6.45, 7) is 4.08. The van der Waals surface area contributed by atoms with E-state index in [1.807, 2.05) is 0 Å². The Morgan fingerprint density at radius 1 is 1.67 bits per heavy atom. The third kappa shape index (κ3) is 5.96. The Hall–Kier alpha value is 0.380. The van der Waals surface area contributed by atoms with E-state index in [4.69, 9.17) is 4.55 Å². The van der Waals surface area contributed by atoms with Crippen LogP contribution >= 0.6 is 0 Å². The van der Waals surface area contributed by atoms with Crippen molar-refractivity contribution in [1.29, 1.82) is 0 Å². The van der Waals surface area contributed by atoms with Crippen LogP contribution in [0, 0.1) is 0 Å². The molecule has 1 unspecified atom stereocenters. The molecule has 0 bridgehead atoms. The van der Waals surface area contributed by atoms with Crippen molar-refractivity contribution in [3.63, 3.8) is 0 Å². The van der Waals surface area contributed by atoms with Crippen LogP contribution in [0.15, 0.2) is 12.7 Å². The Morgan fingerprint density at radius 2 is 2.08 bits per heavy atom. The van der Waals surface area contributed by atoms with Gasteiger partial charge in [-0.2, -0.15) is 8.42 Å². The number of carbonyl (C=O) groups excluding carboxylic acids is 1. The van der Waals surface area contributed by atoms with Crippen LogP contribution < -0.4 is 0 Å². The third-order valence-corrected chi connectivity index (χ3v) is 1.80. The Morgan fingerprint density at radius 3 is 2.33 bits per heavy atom. The molecule has 0 aliphatic heterocycles. The first kappa shape index (κ1) is 14.9. The first-order valence-corrected chi connectivity index (χ1v) is 4.17. The second-order valence-corrected chi connectivity index (χ2v) is 3.42. The molecule has 0 heterocycles. The molecule has 0 aliphatic rings. The van der Waals surface area contributed by atoms with E-state index in [0.29, 0.717) is 0 Å². The Kier molecular flexibility index (Phi) is 7.35. The number of carbonyl (C=O) groups is 1. The molecule has 64 valence electrons. The van der Waals surface area contributed by atoms with Crippen LogP contribution in [-0.2, 0) is 19.6 Å². The van der Waals surface area contributed by atoms with Crippen molar-refractivity contribution in [1.82, 2.24) is 0 Å². The molecule has 5 nitrogen and oxygen atoms in total. The normalized spacial score (nSPS) is 12.5. The molecular weight excluding hydrogens is 212 g/mol. The van der Waals surface area contributed by atoms with E-state index in [1.54, 1.807) is 0 Å². The summed E-state index contributed by atoms with van der Waals surface area (Å²) in [5.74, 6) is -0.893. The minimum absolute atomic E-state index is 0. The van der Waals surface area contributed by atoms with E-state index in [2.05, 4.69) is 11.3 Å². The number of hydrogen-bond acceptors (Lipinski definition) is 4. The van der Waals surface area contributed by atoms with Crippen LogP contribution in [0.1, 0.15) is 6.92 Å². The zero-order valence-corrected chi connectivity index (χ0v) is 9.58. The van der Waals surface area contributed by atoms with Gasteiger partial charge in [0, 0.05) is 6.08 Å². The second kappa shape index (κ2) is 5.93. The van der Waals surface area contributed by atoms with Crippen LogP contribution in [0.25, 0.3) is 0 Å². The SMILES string of the molecule is C=CC(=O)OC(C)S(=O)(=O)O.[Ca+2]. The van der Waals surface area contributed by atoms with Gasteiger partial charge in [0.15, 0.2) is 0 Å². The molecule has 1 atom stereocenters. The van der Waals surface area contributed by atoms with E-state index in [0.717, 1.165) is 13.0 Å². The monoisotopic (exact) mass is 220 g/mol. The average molecular weight is 220 g/mol. The van der Waals surface area contributed by atoms with Crippen molar-refractivity contribution < 1.29 is 22.5 Å². The predicted octanol–water partition coefficient (Wildman–Crippen LogP) is -0.431. The topological polar surface area (TPSA) is 80.7 Å². The molecule has 0 aromatic heterocycles. The van der Waals surface area contributed by atoms with E-state index < -0.39 is 21.5 Å². The van der Waals surface area contributed by atoms with Crippen molar-refractivity contribution in [2.24, 2.45) is 0 Å². The first-order chi connectivity index (χ1) is 4.88. The van der Waals surface area contributed by atoms with Crippen molar-refractivity contribution in [2.75, 3.05) is 0 Å². The van der Waals surface area contributed by atoms with Gasteiger partial charge >= 0.3 is 53.8 Å². The maximum Gasteiger partial charge on any atom is 2.00 e. The maximum absolute atomic E-state index is 10.4. The first-order valence-electron chi connectivity index (χ1n) is 2.67. The van der Waals surface area contributed by atoms with Crippen molar-refractivity contribution >= 4 is 53.8 Å². The zero-order chi connectivity index (χ0) is 9.07. The Bertz CT molecular complexity index is 257. The van der Waals surface area contributed by atoms with Crippen molar-refractivity contribution in [3.05, 3.63) is 12.7 Å². The third-order valence-electron chi connectivity index (χ3n) is 0.868. The smallest absolute Gasteiger partial charge is 0.440 e. The summed E-state index contributed by atoms with van der Waals surface area (Å²) in [6.07, 6.45) is 0.807. The molecule has 1 N–H and O–H groups in total. The van der Waals surface area contributed by atoms with Crippen LogP contribution in [0.2, 0.25) is 0 Å². The molecule has 0 aromatic rings. The Balaban J connectivity index is 0. The molecule has 0 aliphatic carbocycles. The minimum Gasteiger partial charge on any atom is -0.440 e. The fraction of sp³-hybridized carbons (Fsp3) is 0.400. The molecular formula is C5H8CaO5S+2. The summed E-state index contributed by atoms with van der Waals surface area (Å²) >= 11 is 0. The molecule has 0 saturated heterocycles. The summed E-state index contributed by atoms with van der Waals surface area (Å²) in [5.41, 5.74) is -1.55. The Labute approximate surface area is 101 Å². The maximum atomic E-state index is 10.4. The summed E-state index contributed by atoms with van der Waals surface area (Å²) in [5, 5.41) is 0. The molecule has 0 radical (unpaired) electrons. The van der Waals surface area contributed by atoms with E-state index in [9.17, 15) is 13.2 Å². The van der Waals surface area contributed by atoms with Gasteiger partial charge in [0.1, 0.15) is 0 Å². The number of esters is 1. The summed E-state index contributed by atoms with van der Waals surface area (Å²) in [6, 6.07) is 0. The molecule has 0 amide bonds. The van der Waals surface area contributed by atoms with Crippen LogP contribution in [0.5, 0.6) is 0 Å². The van der Waals surface area contributed by atoms with Crippen LogP contribution in [0.3, 0.4) is 0 Å². The molecule has 7 heteroatoms. The van der Waals surface area contributed by atoms with Gasteiger partial charge in [-0.1, -0.05) is 6.58 Å². The van der Waals surface area contributed by atoms with E-state index >= 15 is 0 Å². The fourth-order valence-electron chi connectivity index (χ4n) is 0.272. The van der Waals surface area contributed by atoms with Crippen LogP contribution in [0.4, 0.5) is 0 Å². The number of hydrogen-bond donors (Lipinski definition) is 1. The summed E-state index contributed by atoms with van der Waals surface area (Å²) in [7, 11) is -4.30. The standard InChI is InChI=1S/C5H8O5S.Ca/c1-3-5(6)10-4(2)11(7,8)9;/h3-4H,1H2,2H3,(H,7,8,9);/q;+2. The quantitative estimate of drug-likeness (QED) is 0.302. The van der Waals surface area contributed by atoms with Gasteiger partial charge in [0.25, 0.3) is 0 Å². The van der Waals surface area contributed by atoms with Gasteiger partial charge in [-0.3, -0.25) is 4.55 Å². The number of rotatable bonds is 3. The van der Waals surface area contributed by atoms with Crippen molar-refractivity contribution in [3.8, 4) is 0 Å². The molecule has 12 heavy (non-hydrogen) atoms. The molecule has 0 fully saturated rings. The largest absolute Gasteiger partial charge is 2.00 e. The summed E-state index contributed by atoms with van der Waals surface area (Å²) < 4.78 is 32.9. The van der Waals surface area contributed by atoms with Gasteiger partial charge in [-0.05, 0) is 6.92 Å². The van der Waals surface area contributed by atoms with Crippen molar-refractivity contribution in [2.45, 2.75) is 12.4 Å². The predicted molar refractivity (Wildman–Crippen MR) is 43.1 cm³/mol. The van der Waals surface area contributed by atoms with Crippen LogP contribution in [-0.4, -0.2) is 62.1 Å². The van der Waals surface area contributed by atoms with E-state index in [-0.39, 0.29) is 37.7 Å². The second-order valence-electron chi connectivity index (χ2n) is 1.72. The van der Waals surface area contributed by atoms with Gasteiger partial charge in [-0.15, -0.1) is 0 Å². The fourth-order valence-corrected chi connectivity index (χ4v) is 0.489.